The number of nitrogens with zero attached hydrogens (tertiary/aromatic N) is 5. The predicted molar refractivity (Wildman–Crippen MR) is 126 cm³/mol. The first kappa shape index (κ1) is 21.8. The van der Waals surface area contributed by atoms with Crippen molar-refractivity contribution in [3.8, 4) is 11.4 Å². The number of thioether (sulfide) groups is 1. The van der Waals surface area contributed by atoms with Crippen molar-refractivity contribution in [3.05, 3.63) is 58.1 Å². The van der Waals surface area contributed by atoms with Crippen LogP contribution in [0.3, 0.4) is 0 Å². The van der Waals surface area contributed by atoms with Gasteiger partial charge >= 0.3 is 0 Å². The van der Waals surface area contributed by atoms with Crippen LogP contribution in [0.1, 0.15) is 5.56 Å². The van der Waals surface area contributed by atoms with Gasteiger partial charge in [-0.3, -0.25) is 4.79 Å². The highest BCUT2D eigenvalue weighted by atomic mass is 35.5. The molecule has 1 amide bonds. The van der Waals surface area contributed by atoms with Gasteiger partial charge in [-0.25, -0.2) is 4.68 Å². The minimum atomic E-state index is 0.0583. The Hall–Kier alpha value is -2.42. The van der Waals surface area contributed by atoms with Gasteiger partial charge in [0.2, 0.25) is 11.1 Å². The summed E-state index contributed by atoms with van der Waals surface area (Å²) in [5.41, 5.74) is 3.06. The molecule has 4 rings (SSSR count). The van der Waals surface area contributed by atoms with Crippen molar-refractivity contribution >= 4 is 46.6 Å². The van der Waals surface area contributed by atoms with E-state index in [-0.39, 0.29) is 11.7 Å². The molecule has 0 aliphatic carbocycles. The van der Waals surface area contributed by atoms with E-state index in [1.54, 1.807) is 18.2 Å². The van der Waals surface area contributed by atoms with Crippen LogP contribution in [0.25, 0.3) is 11.4 Å². The molecular formula is C21H22Cl2N6OS. The highest BCUT2D eigenvalue weighted by Crippen LogP contribution is 2.30. The summed E-state index contributed by atoms with van der Waals surface area (Å²) >= 11 is 13.5. The van der Waals surface area contributed by atoms with Crippen LogP contribution in [-0.4, -0.2) is 57.6 Å². The van der Waals surface area contributed by atoms with E-state index in [9.17, 15) is 4.79 Å². The van der Waals surface area contributed by atoms with Gasteiger partial charge in [-0.1, -0.05) is 47.1 Å². The number of carbonyl (C=O) groups is 1. The molecule has 31 heavy (non-hydrogen) atoms. The monoisotopic (exact) mass is 476 g/mol. The number of aryl methyl sites for hydroxylation is 1. The topological polar surface area (TPSA) is 80.3 Å². The largest absolute Gasteiger partial charge is 0.368 e. The van der Waals surface area contributed by atoms with E-state index in [4.69, 9.17) is 29.0 Å². The molecule has 0 atom stereocenters. The summed E-state index contributed by atoms with van der Waals surface area (Å²) < 4.78 is 1.35. The van der Waals surface area contributed by atoms with Gasteiger partial charge in [0.1, 0.15) is 0 Å². The van der Waals surface area contributed by atoms with Gasteiger partial charge in [0.05, 0.1) is 10.8 Å². The highest BCUT2D eigenvalue weighted by Gasteiger charge is 2.23. The third-order valence-corrected chi connectivity index (χ3v) is 6.64. The summed E-state index contributed by atoms with van der Waals surface area (Å²) in [4.78, 5) is 16.9. The molecule has 10 heteroatoms. The van der Waals surface area contributed by atoms with Crippen molar-refractivity contribution in [2.24, 2.45) is 0 Å². The van der Waals surface area contributed by atoms with E-state index < -0.39 is 0 Å². The fourth-order valence-electron chi connectivity index (χ4n) is 3.49. The molecule has 0 unspecified atom stereocenters. The third kappa shape index (κ3) is 4.92. The van der Waals surface area contributed by atoms with Gasteiger partial charge in [-0.15, -0.1) is 10.2 Å². The number of amides is 1. The second-order valence-electron chi connectivity index (χ2n) is 7.30. The average molecular weight is 477 g/mol. The minimum Gasteiger partial charge on any atom is -0.368 e. The molecule has 2 heterocycles. The lowest BCUT2D eigenvalue weighted by Gasteiger charge is -2.36. The molecule has 0 bridgehead atoms. The third-order valence-electron chi connectivity index (χ3n) is 5.16. The minimum absolute atomic E-state index is 0.0583. The van der Waals surface area contributed by atoms with E-state index in [1.807, 2.05) is 4.90 Å². The van der Waals surface area contributed by atoms with Crippen LogP contribution in [-0.2, 0) is 4.79 Å². The van der Waals surface area contributed by atoms with Gasteiger partial charge in [-0.05, 0) is 42.8 Å². The molecule has 0 spiro atoms. The van der Waals surface area contributed by atoms with Crippen LogP contribution in [0.2, 0.25) is 10.0 Å². The number of benzene rings is 2. The fraction of sp³-hybridized carbons (Fsp3) is 0.286. The summed E-state index contributed by atoms with van der Waals surface area (Å²) in [7, 11) is 0. The number of aromatic nitrogens is 3. The van der Waals surface area contributed by atoms with Crippen LogP contribution in [0.15, 0.2) is 47.6 Å². The van der Waals surface area contributed by atoms with E-state index in [0.717, 1.165) is 13.1 Å². The maximum atomic E-state index is 12.7. The Bertz CT molecular complexity index is 1100. The summed E-state index contributed by atoms with van der Waals surface area (Å²) in [6, 6.07) is 13.5. The quantitative estimate of drug-likeness (QED) is 0.446. The Balaban J connectivity index is 1.34. The number of halogens is 2. The Morgan fingerprint density at radius 2 is 1.87 bits per heavy atom. The zero-order valence-corrected chi connectivity index (χ0v) is 19.3. The maximum Gasteiger partial charge on any atom is 0.233 e. The standard InChI is InChI=1S/C21H22Cl2N6OS/c1-14-3-2-4-16(11-14)27-7-9-28(10-8-27)19(30)13-31-21-26-25-20(29(21)24)17-6-5-15(22)12-18(17)23/h2-6,11-12H,7-10,13,24H2,1H3. The number of nitrogen functional groups attached to an aromatic ring is 1. The Labute approximate surface area is 195 Å². The summed E-state index contributed by atoms with van der Waals surface area (Å²) in [6.45, 7) is 5.09. The summed E-state index contributed by atoms with van der Waals surface area (Å²) in [5, 5.41) is 9.65. The van der Waals surface area contributed by atoms with Crippen LogP contribution in [0.5, 0.6) is 0 Å². The second-order valence-corrected chi connectivity index (χ2v) is 9.08. The van der Waals surface area contributed by atoms with E-state index in [1.165, 1.54) is 27.7 Å². The van der Waals surface area contributed by atoms with Gasteiger partial charge in [0.25, 0.3) is 0 Å². The zero-order chi connectivity index (χ0) is 22.0. The van der Waals surface area contributed by atoms with Crippen molar-refractivity contribution in [1.82, 2.24) is 19.8 Å². The lowest BCUT2D eigenvalue weighted by atomic mass is 10.2. The first-order chi connectivity index (χ1) is 14.9. The van der Waals surface area contributed by atoms with Gasteiger partial charge < -0.3 is 15.6 Å². The molecular weight excluding hydrogens is 455 g/mol. The number of rotatable bonds is 5. The lowest BCUT2D eigenvalue weighted by Crippen LogP contribution is -2.49. The Morgan fingerprint density at radius 3 is 2.58 bits per heavy atom. The first-order valence-electron chi connectivity index (χ1n) is 9.80. The molecule has 0 radical (unpaired) electrons. The maximum absolute atomic E-state index is 12.7. The van der Waals surface area contributed by atoms with Gasteiger partial charge in [0, 0.05) is 42.5 Å². The van der Waals surface area contributed by atoms with E-state index in [2.05, 4.69) is 46.3 Å². The number of anilines is 1. The molecule has 0 saturated carbocycles. The fourth-order valence-corrected chi connectivity index (χ4v) is 4.74. The molecule has 1 aliphatic rings. The number of nitrogens with two attached hydrogens (primary N) is 1. The second kappa shape index (κ2) is 9.38. The molecule has 1 aromatic heterocycles. The zero-order valence-electron chi connectivity index (χ0n) is 17.0. The van der Waals surface area contributed by atoms with Crippen molar-refractivity contribution in [3.63, 3.8) is 0 Å². The van der Waals surface area contributed by atoms with E-state index in [0.29, 0.717) is 39.7 Å². The molecule has 2 N–H and O–H groups in total. The molecule has 2 aromatic carbocycles. The average Bonchev–Trinajstić information content (AvgIpc) is 3.12. The normalized spacial score (nSPS) is 14.2. The molecule has 3 aromatic rings. The molecule has 7 nitrogen and oxygen atoms in total. The molecule has 1 aliphatic heterocycles. The molecule has 1 saturated heterocycles. The number of carbonyl (C=O) groups excluding carboxylic acids is 1. The van der Waals surface area contributed by atoms with Gasteiger partial charge in [-0.2, -0.15) is 0 Å². The van der Waals surface area contributed by atoms with Crippen molar-refractivity contribution in [2.45, 2.75) is 12.1 Å². The Kier molecular flexibility index (Phi) is 6.60. The predicted octanol–water partition coefficient (Wildman–Crippen LogP) is 3.72. The van der Waals surface area contributed by atoms with Gasteiger partial charge in [0.15, 0.2) is 5.82 Å². The van der Waals surface area contributed by atoms with Crippen LogP contribution >= 0.6 is 35.0 Å². The number of piperazine rings is 1. The van der Waals surface area contributed by atoms with Crippen LogP contribution < -0.4 is 10.7 Å². The molecule has 1 fully saturated rings. The molecule has 162 valence electrons. The van der Waals surface area contributed by atoms with Crippen molar-refractivity contribution < 1.29 is 4.79 Å². The van der Waals surface area contributed by atoms with E-state index >= 15 is 0 Å². The smallest absolute Gasteiger partial charge is 0.233 e. The van der Waals surface area contributed by atoms with Crippen molar-refractivity contribution in [2.75, 3.05) is 42.7 Å². The highest BCUT2D eigenvalue weighted by molar-refractivity contribution is 7.99. The van der Waals surface area contributed by atoms with Crippen LogP contribution in [0.4, 0.5) is 5.69 Å². The first-order valence-corrected chi connectivity index (χ1v) is 11.5. The SMILES string of the molecule is Cc1cccc(N2CCN(C(=O)CSc3nnc(-c4ccc(Cl)cc4Cl)n3N)CC2)c1. The van der Waals surface area contributed by atoms with Crippen molar-refractivity contribution in [1.29, 1.82) is 0 Å². The number of hydrogen-bond donors (Lipinski definition) is 1. The van der Waals surface area contributed by atoms with Crippen LogP contribution in [0, 0.1) is 6.92 Å². The summed E-state index contributed by atoms with van der Waals surface area (Å²) in [6.07, 6.45) is 0. The lowest BCUT2D eigenvalue weighted by molar-refractivity contribution is -0.128. The number of hydrogen-bond acceptors (Lipinski definition) is 6. The summed E-state index contributed by atoms with van der Waals surface area (Å²) in [5.74, 6) is 6.87. The Morgan fingerprint density at radius 1 is 1.10 bits per heavy atom.